The molecule has 2 rings (SSSR count). The lowest BCUT2D eigenvalue weighted by Crippen LogP contribution is -2.16. The first-order chi connectivity index (χ1) is 10.3. The molecule has 1 unspecified atom stereocenters. The second kappa shape index (κ2) is 7.75. The Bertz CT molecular complexity index is 548. The highest BCUT2D eigenvalue weighted by molar-refractivity contribution is 7.10. The lowest BCUT2D eigenvalue weighted by molar-refractivity contribution is 0.292. The number of hydrogen-bond donors (Lipinski definition) is 3. The van der Waals surface area contributed by atoms with Crippen LogP contribution in [-0.4, -0.2) is 21.6 Å². The number of thiophene rings is 1. The van der Waals surface area contributed by atoms with E-state index in [1.54, 1.807) is 11.3 Å². The van der Waals surface area contributed by atoms with E-state index in [1.807, 2.05) is 13.0 Å². The molecule has 8 heteroatoms. The highest BCUT2D eigenvalue weighted by Gasteiger charge is 2.14. The van der Waals surface area contributed by atoms with Crippen LogP contribution in [0.25, 0.3) is 0 Å². The average Bonchev–Trinajstić information content (AvgIpc) is 3.04. The molecule has 0 aromatic carbocycles. The molecule has 7 nitrogen and oxygen atoms in total. The van der Waals surface area contributed by atoms with E-state index in [1.165, 1.54) is 4.88 Å². The third kappa shape index (κ3) is 4.27. The van der Waals surface area contributed by atoms with Crippen molar-refractivity contribution in [1.29, 1.82) is 0 Å². The van der Waals surface area contributed by atoms with Crippen LogP contribution in [0, 0.1) is 0 Å². The van der Waals surface area contributed by atoms with E-state index >= 15 is 0 Å². The van der Waals surface area contributed by atoms with Gasteiger partial charge in [-0.2, -0.15) is 15.0 Å². The van der Waals surface area contributed by atoms with Crippen LogP contribution >= 0.6 is 11.3 Å². The lowest BCUT2D eigenvalue weighted by atomic mass is 10.2. The predicted molar refractivity (Wildman–Crippen MR) is 84.4 cm³/mol. The smallest absolute Gasteiger partial charge is 0.323 e. The van der Waals surface area contributed by atoms with Gasteiger partial charge in [0.2, 0.25) is 11.9 Å². The fraction of sp³-hybridized carbons (Fsp3) is 0.462. The summed E-state index contributed by atoms with van der Waals surface area (Å²) in [5.41, 5.74) is 2.43. The Morgan fingerprint density at radius 2 is 2.10 bits per heavy atom. The van der Waals surface area contributed by atoms with Crippen molar-refractivity contribution in [2.24, 2.45) is 5.84 Å². The monoisotopic (exact) mass is 308 g/mol. The molecule has 0 aliphatic carbocycles. The van der Waals surface area contributed by atoms with Crippen molar-refractivity contribution in [2.45, 2.75) is 32.7 Å². The Balaban J connectivity index is 2.17. The molecular weight excluding hydrogens is 288 g/mol. The molecule has 4 N–H and O–H groups in total. The topological polar surface area (TPSA) is 98.0 Å². The normalized spacial score (nSPS) is 12.0. The zero-order valence-corrected chi connectivity index (χ0v) is 13.0. The Hall–Kier alpha value is -1.93. The highest BCUT2D eigenvalue weighted by Crippen LogP contribution is 2.25. The molecule has 114 valence electrons. The Kier molecular flexibility index (Phi) is 5.70. The van der Waals surface area contributed by atoms with E-state index in [4.69, 9.17) is 10.6 Å². The minimum Gasteiger partial charge on any atom is -0.463 e. The molecule has 0 fully saturated rings. The number of aromatic nitrogens is 3. The second-order valence-corrected chi connectivity index (χ2v) is 5.36. The zero-order valence-electron chi connectivity index (χ0n) is 12.2. The molecule has 2 heterocycles. The summed E-state index contributed by atoms with van der Waals surface area (Å²) in [6, 6.07) is 4.53. The number of rotatable bonds is 8. The SMILES string of the molecule is CCCOc1nc(NN)nc(NC(CC)c2cccs2)n1. The third-order valence-electron chi connectivity index (χ3n) is 2.78. The van der Waals surface area contributed by atoms with Gasteiger partial charge in [-0.25, -0.2) is 5.84 Å². The van der Waals surface area contributed by atoms with Crippen molar-refractivity contribution in [2.75, 3.05) is 17.3 Å². The largest absolute Gasteiger partial charge is 0.463 e. The van der Waals surface area contributed by atoms with Gasteiger partial charge < -0.3 is 10.1 Å². The van der Waals surface area contributed by atoms with Crippen molar-refractivity contribution in [3.63, 3.8) is 0 Å². The van der Waals surface area contributed by atoms with Crippen LogP contribution < -0.4 is 21.3 Å². The van der Waals surface area contributed by atoms with Gasteiger partial charge in [-0.05, 0) is 24.3 Å². The maximum atomic E-state index is 5.45. The summed E-state index contributed by atoms with van der Waals surface area (Å²) in [4.78, 5) is 13.8. The first kappa shape index (κ1) is 15.5. The van der Waals surface area contributed by atoms with Gasteiger partial charge >= 0.3 is 6.01 Å². The minimum atomic E-state index is 0.150. The molecule has 0 saturated carbocycles. The molecule has 0 amide bonds. The van der Waals surface area contributed by atoms with Crippen molar-refractivity contribution < 1.29 is 4.74 Å². The van der Waals surface area contributed by atoms with Crippen molar-refractivity contribution in [3.8, 4) is 6.01 Å². The van der Waals surface area contributed by atoms with Gasteiger partial charge in [0.05, 0.1) is 12.6 Å². The molecule has 0 spiro atoms. The summed E-state index contributed by atoms with van der Waals surface area (Å²) in [5.74, 6) is 6.12. The van der Waals surface area contributed by atoms with E-state index in [-0.39, 0.29) is 18.0 Å². The standard InChI is InChI=1S/C13H20N6OS/c1-3-7-20-13-17-11(16-12(18-13)19-14)15-9(4-2)10-6-5-8-21-10/h5-6,8-9H,3-4,7,14H2,1-2H3,(H2,15,16,17,18,19). The maximum Gasteiger partial charge on any atom is 0.323 e. The van der Waals surface area contributed by atoms with Gasteiger partial charge in [-0.15, -0.1) is 11.3 Å². The van der Waals surface area contributed by atoms with Crippen LogP contribution in [0.3, 0.4) is 0 Å². The first-order valence-electron chi connectivity index (χ1n) is 6.92. The summed E-state index contributed by atoms with van der Waals surface area (Å²) < 4.78 is 5.45. The minimum absolute atomic E-state index is 0.150. The van der Waals surface area contributed by atoms with Gasteiger partial charge in [-0.3, -0.25) is 5.43 Å². The molecular formula is C13H20N6OS. The molecule has 1 atom stereocenters. The Labute approximate surface area is 128 Å². The first-order valence-corrected chi connectivity index (χ1v) is 7.80. The molecule has 0 saturated heterocycles. The van der Waals surface area contributed by atoms with Crippen LogP contribution in [0.15, 0.2) is 17.5 Å². The number of hydrogen-bond acceptors (Lipinski definition) is 8. The zero-order chi connectivity index (χ0) is 15.1. The van der Waals surface area contributed by atoms with Crippen LogP contribution in [-0.2, 0) is 0 Å². The highest BCUT2D eigenvalue weighted by atomic mass is 32.1. The molecule has 2 aromatic rings. The van der Waals surface area contributed by atoms with Crippen LogP contribution in [0.1, 0.15) is 37.6 Å². The number of nitrogens with two attached hydrogens (primary N) is 1. The number of nitrogen functional groups attached to an aromatic ring is 1. The molecule has 0 bridgehead atoms. The number of ether oxygens (including phenoxy) is 1. The summed E-state index contributed by atoms with van der Waals surface area (Å²) in [5, 5.41) is 5.35. The van der Waals surface area contributed by atoms with Gasteiger partial charge in [-0.1, -0.05) is 19.9 Å². The van der Waals surface area contributed by atoms with Gasteiger partial charge in [0.15, 0.2) is 0 Å². The summed E-state index contributed by atoms with van der Waals surface area (Å²) in [7, 11) is 0. The maximum absolute atomic E-state index is 5.45. The summed E-state index contributed by atoms with van der Waals surface area (Å²) in [6.45, 7) is 4.68. The Morgan fingerprint density at radius 3 is 2.71 bits per heavy atom. The van der Waals surface area contributed by atoms with Crippen molar-refractivity contribution in [1.82, 2.24) is 15.0 Å². The number of nitrogens with zero attached hydrogens (tertiary/aromatic N) is 3. The second-order valence-electron chi connectivity index (χ2n) is 4.38. The lowest BCUT2D eigenvalue weighted by Gasteiger charge is -2.16. The van der Waals surface area contributed by atoms with E-state index in [9.17, 15) is 0 Å². The predicted octanol–water partition coefficient (Wildman–Crippen LogP) is 2.57. The number of nitrogens with one attached hydrogen (secondary N) is 2. The summed E-state index contributed by atoms with van der Waals surface area (Å²) >= 11 is 1.70. The van der Waals surface area contributed by atoms with E-state index in [0.29, 0.717) is 12.6 Å². The van der Waals surface area contributed by atoms with Gasteiger partial charge in [0, 0.05) is 4.88 Å². The Morgan fingerprint density at radius 1 is 1.29 bits per heavy atom. The number of anilines is 2. The molecule has 0 aliphatic heterocycles. The average molecular weight is 308 g/mol. The fourth-order valence-corrected chi connectivity index (χ4v) is 2.62. The van der Waals surface area contributed by atoms with E-state index in [2.05, 4.69) is 44.1 Å². The van der Waals surface area contributed by atoms with E-state index < -0.39 is 0 Å². The summed E-state index contributed by atoms with van der Waals surface area (Å²) in [6.07, 6.45) is 1.80. The van der Waals surface area contributed by atoms with Gasteiger partial charge in [0.1, 0.15) is 0 Å². The molecule has 2 aromatic heterocycles. The molecule has 21 heavy (non-hydrogen) atoms. The molecule has 0 radical (unpaired) electrons. The van der Waals surface area contributed by atoms with Crippen LogP contribution in [0.4, 0.5) is 11.9 Å². The molecule has 0 aliphatic rings. The fourth-order valence-electron chi connectivity index (χ4n) is 1.76. The van der Waals surface area contributed by atoms with Crippen LogP contribution in [0.2, 0.25) is 0 Å². The number of hydrazine groups is 1. The van der Waals surface area contributed by atoms with Crippen LogP contribution in [0.5, 0.6) is 6.01 Å². The van der Waals surface area contributed by atoms with Crippen molar-refractivity contribution >= 4 is 23.2 Å². The van der Waals surface area contributed by atoms with E-state index in [0.717, 1.165) is 12.8 Å². The third-order valence-corrected chi connectivity index (χ3v) is 3.76. The quantitative estimate of drug-likeness (QED) is 0.509. The van der Waals surface area contributed by atoms with Gasteiger partial charge in [0.25, 0.3) is 0 Å². The van der Waals surface area contributed by atoms with Crippen molar-refractivity contribution in [3.05, 3.63) is 22.4 Å².